The van der Waals surface area contributed by atoms with Crippen LogP contribution in [0.3, 0.4) is 0 Å². The predicted octanol–water partition coefficient (Wildman–Crippen LogP) is 0.788. The molecular weight excluding hydrogens is 310 g/mol. The zero-order valence-corrected chi connectivity index (χ0v) is 12.8. The maximum absolute atomic E-state index is 11.8. The molecule has 0 aliphatic heterocycles. The smallest absolute Gasteiger partial charge is 0.313 e. The van der Waals surface area contributed by atoms with Crippen LogP contribution >= 0.6 is 0 Å². The molecule has 2 aromatic carbocycles. The van der Waals surface area contributed by atoms with Gasteiger partial charge in [-0.3, -0.25) is 14.4 Å². The van der Waals surface area contributed by atoms with Crippen LogP contribution in [0.4, 0.5) is 5.69 Å². The lowest BCUT2D eigenvalue weighted by molar-refractivity contribution is -0.136. The molecule has 3 amide bonds. The third-order valence-electron chi connectivity index (χ3n) is 3.27. The number of nitrogens with one attached hydrogen (secondary N) is 2. The SMILES string of the molecule is NC(=O)c1ccc(NC(=O)C(=O)NCCc2ccc(O)cc2)cc1. The van der Waals surface area contributed by atoms with Gasteiger partial charge in [0, 0.05) is 17.8 Å². The molecule has 0 aromatic heterocycles. The van der Waals surface area contributed by atoms with Gasteiger partial charge in [0.05, 0.1) is 0 Å². The van der Waals surface area contributed by atoms with Crippen LogP contribution in [0.25, 0.3) is 0 Å². The zero-order chi connectivity index (χ0) is 17.5. The molecule has 0 spiro atoms. The lowest BCUT2D eigenvalue weighted by Crippen LogP contribution is -2.36. The quantitative estimate of drug-likeness (QED) is 0.606. The molecule has 0 saturated carbocycles. The van der Waals surface area contributed by atoms with Crippen molar-refractivity contribution < 1.29 is 19.5 Å². The number of primary amides is 1. The Balaban J connectivity index is 1.80. The molecule has 0 aliphatic carbocycles. The van der Waals surface area contributed by atoms with Crippen molar-refractivity contribution in [3.8, 4) is 5.75 Å². The number of amides is 3. The molecule has 0 heterocycles. The second-order valence-corrected chi connectivity index (χ2v) is 5.07. The molecule has 5 N–H and O–H groups in total. The maximum atomic E-state index is 11.8. The van der Waals surface area contributed by atoms with E-state index in [1.165, 1.54) is 24.3 Å². The van der Waals surface area contributed by atoms with E-state index in [4.69, 9.17) is 5.73 Å². The van der Waals surface area contributed by atoms with Gasteiger partial charge < -0.3 is 21.5 Å². The highest BCUT2D eigenvalue weighted by Gasteiger charge is 2.13. The van der Waals surface area contributed by atoms with E-state index in [-0.39, 0.29) is 12.3 Å². The number of phenols is 1. The molecular formula is C17H17N3O4. The number of aromatic hydroxyl groups is 1. The van der Waals surface area contributed by atoms with Gasteiger partial charge in [-0.05, 0) is 48.4 Å². The van der Waals surface area contributed by atoms with Gasteiger partial charge in [-0.15, -0.1) is 0 Å². The van der Waals surface area contributed by atoms with E-state index in [1.807, 2.05) is 0 Å². The highest BCUT2D eigenvalue weighted by molar-refractivity contribution is 6.39. The molecule has 24 heavy (non-hydrogen) atoms. The van der Waals surface area contributed by atoms with E-state index in [2.05, 4.69) is 10.6 Å². The summed E-state index contributed by atoms with van der Waals surface area (Å²) < 4.78 is 0. The van der Waals surface area contributed by atoms with Crippen molar-refractivity contribution in [3.63, 3.8) is 0 Å². The van der Waals surface area contributed by atoms with Gasteiger partial charge in [0.15, 0.2) is 0 Å². The summed E-state index contributed by atoms with van der Waals surface area (Å²) in [5, 5.41) is 14.1. The van der Waals surface area contributed by atoms with Gasteiger partial charge in [-0.2, -0.15) is 0 Å². The first-order valence-electron chi connectivity index (χ1n) is 7.22. The molecule has 7 nitrogen and oxygen atoms in total. The van der Waals surface area contributed by atoms with Gasteiger partial charge in [-0.25, -0.2) is 0 Å². The first-order chi connectivity index (χ1) is 11.5. The van der Waals surface area contributed by atoms with Gasteiger partial charge in [0.25, 0.3) is 0 Å². The van der Waals surface area contributed by atoms with Gasteiger partial charge >= 0.3 is 11.8 Å². The molecule has 0 unspecified atom stereocenters. The van der Waals surface area contributed by atoms with Crippen molar-refractivity contribution in [3.05, 3.63) is 59.7 Å². The zero-order valence-electron chi connectivity index (χ0n) is 12.8. The number of carbonyl (C=O) groups is 3. The van der Waals surface area contributed by atoms with Crippen molar-refractivity contribution in [1.82, 2.24) is 5.32 Å². The van der Waals surface area contributed by atoms with Crippen LogP contribution in [0, 0.1) is 0 Å². The number of carbonyl (C=O) groups excluding carboxylic acids is 3. The normalized spacial score (nSPS) is 10.0. The van der Waals surface area contributed by atoms with E-state index in [0.717, 1.165) is 5.56 Å². The third kappa shape index (κ3) is 4.84. The predicted molar refractivity (Wildman–Crippen MR) is 88.4 cm³/mol. The largest absolute Gasteiger partial charge is 0.508 e. The van der Waals surface area contributed by atoms with Crippen molar-refractivity contribution in [2.45, 2.75) is 6.42 Å². The fourth-order valence-corrected chi connectivity index (χ4v) is 1.97. The molecule has 2 aromatic rings. The summed E-state index contributed by atoms with van der Waals surface area (Å²) >= 11 is 0. The highest BCUT2D eigenvalue weighted by Crippen LogP contribution is 2.10. The Labute approximate surface area is 138 Å². The summed E-state index contributed by atoms with van der Waals surface area (Å²) in [7, 11) is 0. The van der Waals surface area contributed by atoms with E-state index in [9.17, 15) is 19.5 Å². The van der Waals surface area contributed by atoms with Crippen LogP contribution in [0.2, 0.25) is 0 Å². The summed E-state index contributed by atoms with van der Waals surface area (Å²) in [6.07, 6.45) is 0.534. The Bertz CT molecular complexity index is 739. The first kappa shape index (κ1) is 17.0. The Kier molecular flexibility index (Phi) is 5.51. The Morgan fingerprint density at radius 3 is 2.12 bits per heavy atom. The second-order valence-electron chi connectivity index (χ2n) is 5.07. The van der Waals surface area contributed by atoms with E-state index in [0.29, 0.717) is 17.7 Å². The maximum Gasteiger partial charge on any atom is 0.313 e. The molecule has 0 atom stereocenters. The average Bonchev–Trinajstić information content (AvgIpc) is 2.57. The lowest BCUT2D eigenvalue weighted by atomic mass is 10.1. The molecule has 0 saturated heterocycles. The number of hydrogen-bond donors (Lipinski definition) is 4. The Morgan fingerprint density at radius 1 is 0.917 bits per heavy atom. The standard InChI is InChI=1S/C17H17N3O4/c18-15(22)12-3-5-13(6-4-12)20-17(24)16(23)19-10-9-11-1-7-14(21)8-2-11/h1-8,21H,9-10H2,(H2,18,22)(H,19,23)(H,20,24). The van der Waals surface area contributed by atoms with Crippen molar-refractivity contribution in [2.24, 2.45) is 5.73 Å². The third-order valence-corrected chi connectivity index (χ3v) is 3.27. The summed E-state index contributed by atoms with van der Waals surface area (Å²) in [6, 6.07) is 12.5. The van der Waals surface area contributed by atoms with Crippen LogP contribution < -0.4 is 16.4 Å². The number of anilines is 1. The van der Waals surface area contributed by atoms with Gasteiger partial charge in [0.2, 0.25) is 5.91 Å². The minimum Gasteiger partial charge on any atom is -0.508 e. The highest BCUT2D eigenvalue weighted by atomic mass is 16.3. The van der Waals surface area contributed by atoms with E-state index in [1.54, 1.807) is 24.3 Å². The molecule has 0 radical (unpaired) electrons. The minimum atomic E-state index is -0.799. The number of phenolic OH excluding ortho intramolecular Hbond substituents is 1. The summed E-state index contributed by atoms with van der Waals surface area (Å²) in [6.45, 7) is 0.289. The molecule has 7 heteroatoms. The van der Waals surface area contributed by atoms with Crippen LogP contribution in [-0.4, -0.2) is 29.4 Å². The average molecular weight is 327 g/mol. The monoisotopic (exact) mass is 327 g/mol. The van der Waals surface area contributed by atoms with Crippen LogP contribution in [-0.2, 0) is 16.0 Å². The summed E-state index contributed by atoms with van der Waals surface area (Å²) in [5.74, 6) is -1.95. The number of rotatable bonds is 5. The van der Waals surface area contributed by atoms with Gasteiger partial charge in [-0.1, -0.05) is 12.1 Å². The molecule has 2 rings (SSSR count). The number of nitrogens with two attached hydrogens (primary N) is 1. The number of hydrogen-bond acceptors (Lipinski definition) is 4. The summed E-state index contributed by atoms with van der Waals surface area (Å²) in [5.41, 5.74) is 6.75. The fourth-order valence-electron chi connectivity index (χ4n) is 1.97. The van der Waals surface area contributed by atoms with Crippen molar-refractivity contribution in [2.75, 3.05) is 11.9 Å². The molecule has 124 valence electrons. The van der Waals surface area contributed by atoms with Crippen LogP contribution in [0.1, 0.15) is 15.9 Å². The molecule has 0 aliphatic rings. The molecule has 0 fully saturated rings. The minimum absolute atomic E-state index is 0.171. The number of benzene rings is 2. The van der Waals surface area contributed by atoms with Crippen molar-refractivity contribution in [1.29, 1.82) is 0 Å². The van der Waals surface area contributed by atoms with Crippen LogP contribution in [0.5, 0.6) is 5.75 Å². The van der Waals surface area contributed by atoms with E-state index >= 15 is 0 Å². The lowest BCUT2D eigenvalue weighted by Gasteiger charge is -2.07. The topological polar surface area (TPSA) is 122 Å². The molecule has 0 bridgehead atoms. The summed E-state index contributed by atoms with van der Waals surface area (Å²) in [4.78, 5) is 34.5. The Hall–Kier alpha value is -3.35. The second kappa shape index (κ2) is 7.77. The van der Waals surface area contributed by atoms with E-state index < -0.39 is 17.7 Å². The van der Waals surface area contributed by atoms with Gasteiger partial charge in [0.1, 0.15) is 5.75 Å². The van der Waals surface area contributed by atoms with Crippen molar-refractivity contribution >= 4 is 23.4 Å². The van der Waals surface area contributed by atoms with Crippen LogP contribution in [0.15, 0.2) is 48.5 Å². The Morgan fingerprint density at radius 2 is 1.54 bits per heavy atom. The fraction of sp³-hybridized carbons (Fsp3) is 0.118. The first-order valence-corrected chi connectivity index (χ1v) is 7.22.